The van der Waals surface area contributed by atoms with Crippen LogP contribution in [0.1, 0.15) is 26.2 Å². The Bertz CT molecular complexity index is 626. The second kappa shape index (κ2) is 6.40. The molecule has 0 aliphatic heterocycles. The SMILES string of the molecule is CCNc1ccc([N+](=O)[O-])c(S(=O)(=O)NCC2CCC2)c1. The molecule has 0 unspecified atom stereocenters. The molecule has 1 aliphatic rings. The maximum atomic E-state index is 12.3. The summed E-state index contributed by atoms with van der Waals surface area (Å²) in [5.74, 6) is 0.343. The van der Waals surface area contributed by atoms with E-state index in [2.05, 4.69) is 10.0 Å². The minimum atomic E-state index is -3.88. The molecule has 0 heterocycles. The number of hydrogen-bond acceptors (Lipinski definition) is 5. The van der Waals surface area contributed by atoms with Gasteiger partial charge in [0, 0.05) is 24.8 Å². The number of nitro benzene ring substituents is 1. The van der Waals surface area contributed by atoms with Crippen molar-refractivity contribution >= 4 is 21.4 Å². The van der Waals surface area contributed by atoms with Crippen molar-refractivity contribution in [2.45, 2.75) is 31.1 Å². The normalized spacial score (nSPS) is 15.5. The first kappa shape index (κ1) is 15.7. The quantitative estimate of drug-likeness (QED) is 0.593. The fourth-order valence-corrected chi connectivity index (χ4v) is 3.51. The summed E-state index contributed by atoms with van der Waals surface area (Å²) in [6, 6.07) is 4.03. The molecule has 21 heavy (non-hydrogen) atoms. The van der Waals surface area contributed by atoms with Crippen molar-refractivity contribution in [3.63, 3.8) is 0 Å². The summed E-state index contributed by atoms with van der Waals surface area (Å²) in [7, 11) is -3.88. The van der Waals surface area contributed by atoms with Gasteiger partial charge in [-0.05, 0) is 37.8 Å². The first-order valence-electron chi connectivity index (χ1n) is 6.96. The van der Waals surface area contributed by atoms with E-state index in [4.69, 9.17) is 0 Å². The molecular formula is C13H19N3O4S. The minimum absolute atomic E-state index is 0.287. The molecule has 1 aromatic carbocycles. The lowest BCUT2D eigenvalue weighted by Crippen LogP contribution is -2.32. The zero-order valence-electron chi connectivity index (χ0n) is 11.8. The Morgan fingerprint density at radius 1 is 1.38 bits per heavy atom. The number of rotatable bonds is 7. The van der Waals surface area contributed by atoms with Crippen molar-refractivity contribution in [3.8, 4) is 0 Å². The monoisotopic (exact) mass is 313 g/mol. The van der Waals surface area contributed by atoms with Crippen LogP contribution in [0, 0.1) is 16.0 Å². The molecule has 0 saturated heterocycles. The van der Waals surface area contributed by atoms with E-state index in [1.54, 1.807) is 0 Å². The average molecular weight is 313 g/mol. The summed E-state index contributed by atoms with van der Waals surface area (Å²) in [6.07, 6.45) is 3.12. The topological polar surface area (TPSA) is 101 Å². The molecule has 116 valence electrons. The number of benzene rings is 1. The van der Waals surface area contributed by atoms with E-state index in [-0.39, 0.29) is 4.90 Å². The van der Waals surface area contributed by atoms with Crippen molar-refractivity contribution in [2.24, 2.45) is 5.92 Å². The first-order chi connectivity index (χ1) is 9.94. The third kappa shape index (κ3) is 3.70. The van der Waals surface area contributed by atoms with Crippen molar-refractivity contribution < 1.29 is 13.3 Å². The fraction of sp³-hybridized carbons (Fsp3) is 0.538. The molecule has 2 rings (SSSR count). The van der Waals surface area contributed by atoms with E-state index in [9.17, 15) is 18.5 Å². The van der Waals surface area contributed by atoms with Crippen LogP contribution in [0.5, 0.6) is 0 Å². The minimum Gasteiger partial charge on any atom is -0.385 e. The van der Waals surface area contributed by atoms with Gasteiger partial charge < -0.3 is 5.32 Å². The maximum absolute atomic E-state index is 12.3. The lowest BCUT2D eigenvalue weighted by atomic mass is 9.86. The Morgan fingerprint density at radius 3 is 2.62 bits per heavy atom. The van der Waals surface area contributed by atoms with Crippen LogP contribution in [0.15, 0.2) is 23.1 Å². The summed E-state index contributed by atoms with van der Waals surface area (Å²) in [4.78, 5) is 10.1. The molecule has 7 nitrogen and oxygen atoms in total. The second-order valence-corrected chi connectivity index (χ2v) is 6.85. The lowest BCUT2D eigenvalue weighted by Gasteiger charge is -2.25. The maximum Gasteiger partial charge on any atom is 0.289 e. The number of nitrogens with one attached hydrogen (secondary N) is 2. The average Bonchev–Trinajstić information content (AvgIpc) is 2.36. The second-order valence-electron chi connectivity index (χ2n) is 5.12. The molecule has 1 fully saturated rings. The van der Waals surface area contributed by atoms with E-state index in [0.29, 0.717) is 24.7 Å². The van der Waals surface area contributed by atoms with Crippen LogP contribution >= 0.6 is 0 Å². The highest BCUT2D eigenvalue weighted by Gasteiger charge is 2.28. The van der Waals surface area contributed by atoms with Gasteiger partial charge in [-0.2, -0.15) is 0 Å². The van der Waals surface area contributed by atoms with E-state index < -0.39 is 20.6 Å². The van der Waals surface area contributed by atoms with Gasteiger partial charge >= 0.3 is 0 Å². The number of anilines is 1. The zero-order chi connectivity index (χ0) is 15.5. The highest BCUT2D eigenvalue weighted by molar-refractivity contribution is 7.89. The molecule has 0 spiro atoms. The Morgan fingerprint density at radius 2 is 2.10 bits per heavy atom. The van der Waals surface area contributed by atoms with E-state index >= 15 is 0 Å². The van der Waals surface area contributed by atoms with E-state index in [1.807, 2.05) is 6.92 Å². The zero-order valence-corrected chi connectivity index (χ0v) is 12.6. The summed E-state index contributed by atoms with van der Waals surface area (Å²) in [5.41, 5.74) is 0.143. The van der Waals surface area contributed by atoms with Crippen molar-refractivity contribution in [3.05, 3.63) is 28.3 Å². The smallest absolute Gasteiger partial charge is 0.289 e. The number of nitrogens with zero attached hydrogens (tertiary/aromatic N) is 1. The summed E-state index contributed by atoms with van der Waals surface area (Å²) in [6.45, 7) is 2.81. The van der Waals surface area contributed by atoms with Crippen LogP contribution in [0.3, 0.4) is 0 Å². The van der Waals surface area contributed by atoms with Gasteiger partial charge in [0.05, 0.1) is 4.92 Å². The number of nitro groups is 1. The molecule has 0 atom stereocenters. The Kier molecular flexibility index (Phi) is 4.79. The van der Waals surface area contributed by atoms with Gasteiger partial charge in [0.25, 0.3) is 5.69 Å². The molecule has 0 bridgehead atoms. The molecule has 0 amide bonds. The van der Waals surface area contributed by atoms with Crippen LogP contribution in [-0.4, -0.2) is 26.4 Å². The lowest BCUT2D eigenvalue weighted by molar-refractivity contribution is -0.387. The summed E-state index contributed by atoms with van der Waals surface area (Å²) >= 11 is 0. The van der Waals surface area contributed by atoms with Crippen molar-refractivity contribution in [2.75, 3.05) is 18.4 Å². The summed E-state index contributed by atoms with van der Waals surface area (Å²) in [5, 5.41) is 14.0. The third-order valence-electron chi connectivity index (χ3n) is 3.61. The number of sulfonamides is 1. The Labute approximate surface area is 123 Å². The molecule has 1 aromatic rings. The first-order valence-corrected chi connectivity index (χ1v) is 8.44. The Hall–Kier alpha value is -1.67. The molecule has 1 saturated carbocycles. The van der Waals surface area contributed by atoms with Gasteiger partial charge in [0.15, 0.2) is 4.90 Å². The molecule has 0 radical (unpaired) electrons. The predicted octanol–water partition coefficient (Wildman–Crippen LogP) is 2.10. The molecule has 0 aromatic heterocycles. The molecule has 2 N–H and O–H groups in total. The van der Waals surface area contributed by atoms with E-state index in [0.717, 1.165) is 19.3 Å². The van der Waals surface area contributed by atoms with Gasteiger partial charge in [0.1, 0.15) is 0 Å². The third-order valence-corrected chi connectivity index (χ3v) is 5.07. The van der Waals surface area contributed by atoms with Crippen LogP contribution in [-0.2, 0) is 10.0 Å². The number of hydrogen-bond donors (Lipinski definition) is 2. The highest BCUT2D eigenvalue weighted by atomic mass is 32.2. The fourth-order valence-electron chi connectivity index (χ4n) is 2.20. The van der Waals surface area contributed by atoms with Crippen LogP contribution in [0.2, 0.25) is 0 Å². The largest absolute Gasteiger partial charge is 0.385 e. The summed E-state index contributed by atoms with van der Waals surface area (Å²) < 4.78 is 27.1. The van der Waals surface area contributed by atoms with Gasteiger partial charge in [-0.25, -0.2) is 13.1 Å². The van der Waals surface area contributed by atoms with Crippen LogP contribution in [0.4, 0.5) is 11.4 Å². The molecule has 1 aliphatic carbocycles. The van der Waals surface area contributed by atoms with Crippen molar-refractivity contribution in [1.82, 2.24) is 4.72 Å². The van der Waals surface area contributed by atoms with Gasteiger partial charge in [-0.1, -0.05) is 6.42 Å². The van der Waals surface area contributed by atoms with E-state index in [1.165, 1.54) is 18.2 Å². The van der Waals surface area contributed by atoms with Gasteiger partial charge in [0.2, 0.25) is 10.0 Å². The van der Waals surface area contributed by atoms with Crippen molar-refractivity contribution in [1.29, 1.82) is 0 Å². The van der Waals surface area contributed by atoms with Crippen LogP contribution in [0.25, 0.3) is 0 Å². The van der Waals surface area contributed by atoms with Gasteiger partial charge in [-0.3, -0.25) is 10.1 Å². The molecule has 8 heteroatoms. The van der Waals surface area contributed by atoms with Crippen LogP contribution < -0.4 is 10.0 Å². The highest BCUT2D eigenvalue weighted by Crippen LogP contribution is 2.29. The molecular weight excluding hydrogens is 294 g/mol. The predicted molar refractivity (Wildman–Crippen MR) is 79.8 cm³/mol. The Balaban J connectivity index is 2.28. The van der Waals surface area contributed by atoms with Gasteiger partial charge in [-0.15, -0.1) is 0 Å². The standard InChI is InChI=1S/C13H19N3O4S/c1-2-14-11-6-7-12(16(17)18)13(8-11)21(19,20)15-9-10-4-3-5-10/h6-8,10,14-15H,2-5,9H2,1H3.